The molecule has 1 rings (SSSR count). The Morgan fingerprint density at radius 3 is 2.35 bits per heavy atom. The first kappa shape index (κ1) is 13.7. The molecule has 1 aromatic carbocycles. The predicted octanol–water partition coefficient (Wildman–Crippen LogP) is 1.98. The Balaban J connectivity index is 2.65. The predicted molar refractivity (Wildman–Crippen MR) is 74.4 cm³/mol. The fourth-order valence-corrected chi connectivity index (χ4v) is 1.91. The normalized spacial score (nSPS) is 13.1. The maximum absolute atomic E-state index is 5.97. The quantitative estimate of drug-likeness (QED) is 0.624. The van der Waals surface area contributed by atoms with Gasteiger partial charge < -0.3 is 10.6 Å². The van der Waals surface area contributed by atoms with Crippen LogP contribution in [0.5, 0.6) is 0 Å². The zero-order valence-electron chi connectivity index (χ0n) is 11.3. The smallest absolute Gasteiger partial charge is 0.125 e. The Labute approximate surface area is 104 Å². The number of rotatable bonds is 5. The summed E-state index contributed by atoms with van der Waals surface area (Å²) in [5.74, 6) is 0.623. The lowest BCUT2D eigenvalue weighted by atomic mass is 9.93. The van der Waals surface area contributed by atoms with Crippen LogP contribution >= 0.6 is 0 Å². The molecule has 0 aromatic heterocycles. The summed E-state index contributed by atoms with van der Waals surface area (Å²) in [7, 11) is 4.15. The van der Waals surface area contributed by atoms with Crippen LogP contribution < -0.4 is 5.73 Å². The highest BCUT2D eigenvalue weighted by Crippen LogP contribution is 2.16. The van der Waals surface area contributed by atoms with Crippen LogP contribution in [0.4, 0.5) is 0 Å². The number of nitrogens with two attached hydrogens (primary N) is 1. The van der Waals surface area contributed by atoms with Gasteiger partial charge in [0.1, 0.15) is 5.84 Å². The van der Waals surface area contributed by atoms with Crippen LogP contribution in [-0.2, 0) is 0 Å². The maximum Gasteiger partial charge on any atom is 0.125 e. The maximum atomic E-state index is 5.97. The minimum Gasteiger partial charge on any atom is -0.384 e. The number of amidine groups is 1. The average Bonchev–Trinajstić information content (AvgIpc) is 2.25. The Morgan fingerprint density at radius 1 is 1.24 bits per heavy atom. The van der Waals surface area contributed by atoms with E-state index in [1.165, 1.54) is 0 Å². The van der Waals surface area contributed by atoms with E-state index < -0.39 is 0 Å². The summed E-state index contributed by atoms with van der Waals surface area (Å²) in [5.41, 5.74) is 7.10. The molecule has 0 aliphatic heterocycles. The fourth-order valence-electron chi connectivity index (χ4n) is 1.91. The lowest BCUT2D eigenvalue weighted by Gasteiger charge is -2.26. The molecule has 0 spiro atoms. The van der Waals surface area contributed by atoms with Crippen LogP contribution in [0, 0.1) is 5.41 Å². The Hall–Kier alpha value is -1.35. The zero-order valence-corrected chi connectivity index (χ0v) is 11.3. The van der Waals surface area contributed by atoms with Crippen molar-refractivity contribution in [3.8, 4) is 0 Å². The number of hydrogen-bond acceptors (Lipinski definition) is 2. The Kier molecular flexibility index (Phi) is 4.70. The second-order valence-corrected chi connectivity index (χ2v) is 5.47. The molecule has 0 amide bonds. The van der Waals surface area contributed by atoms with Gasteiger partial charge in [-0.2, -0.15) is 0 Å². The summed E-state index contributed by atoms with van der Waals surface area (Å²) in [5, 5.41) is 0. The molecular formula is C14H23N3. The largest absolute Gasteiger partial charge is 0.384 e. The fraction of sp³-hybridized carbons (Fsp3) is 0.500. The molecule has 94 valence electrons. The van der Waals surface area contributed by atoms with E-state index in [0.717, 1.165) is 18.7 Å². The van der Waals surface area contributed by atoms with Crippen molar-refractivity contribution in [2.45, 2.75) is 13.8 Å². The number of aliphatic imine (C=N–C) groups is 1. The van der Waals surface area contributed by atoms with Crippen molar-refractivity contribution < 1.29 is 0 Å². The van der Waals surface area contributed by atoms with Gasteiger partial charge in [0.05, 0.1) is 0 Å². The monoisotopic (exact) mass is 233 g/mol. The SMILES string of the molecule is CN(C)CC(C)(C)CN=C(N)c1ccccc1. The van der Waals surface area contributed by atoms with E-state index in [9.17, 15) is 0 Å². The number of nitrogens with zero attached hydrogens (tertiary/aromatic N) is 2. The molecule has 0 heterocycles. The van der Waals surface area contributed by atoms with E-state index >= 15 is 0 Å². The third-order valence-corrected chi connectivity index (χ3v) is 2.49. The van der Waals surface area contributed by atoms with Crippen molar-refractivity contribution in [3.05, 3.63) is 35.9 Å². The molecule has 1 aromatic rings. The molecule has 0 saturated carbocycles. The molecule has 0 fully saturated rings. The van der Waals surface area contributed by atoms with Gasteiger partial charge >= 0.3 is 0 Å². The first-order valence-electron chi connectivity index (χ1n) is 5.91. The highest BCUT2D eigenvalue weighted by molar-refractivity contribution is 5.97. The lowest BCUT2D eigenvalue weighted by Crippen LogP contribution is -2.31. The molecule has 0 saturated heterocycles. The third-order valence-electron chi connectivity index (χ3n) is 2.49. The van der Waals surface area contributed by atoms with E-state index in [0.29, 0.717) is 5.84 Å². The van der Waals surface area contributed by atoms with Crippen LogP contribution in [0.25, 0.3) is 0 Å². The van der Waals surface area contributed by atoms with Crippen molar-refractivity contribution in [1.29, 1.82) is 0 Å². The highest BCUT2D eigenvalue weighted by atomic mass is 15.1. The van der Waals surface area contributed by atoms with Gasteiger partial charge in [0.15, 0.2) is 0 Å². The number of benzene rings is 1. The summed E-state index contributed by atoms with van der Waals surface area (Å²) >= 11 is 0. The van der Waals surface area contributed by atoms with E-state index in [-0.39, 0.29) is 5.41 Å². The van der Waals surface area contributed by atoms with Crippen molar-refractivity contribution >= 4 is 5.84 Å². The molecule has 3 heteroatoms. The van der Waals surface area contributed by atoms with Gasteiger partial charge in [0.25, 0.3) is 0 Å². The molecule has 0 aliphatic rings. The summed E-state index contributed by atoms with van der Waals surface area (Å²) in [6.07, 6.45) is 0. The van der Waals surface area contributed by atoms with Gasteiger partial charge in [-0.05, 0) is 19.5 Å². The zero-order chi connectivity index (χ0) is 12.9. The Bertz CT molecular complexity index is 366. The van der Waals surface area contributed by atoms with E-state index in [2.05, 4.69) is 37.8 Å². The van der Waals surface area contributed by atoms with Gasteiger partial charge in [-0.15, -0.1) is 0 Å². The minimum absolute atomic E-state index is 0.142. The summed E-state index contributed by atoms with van der Waals surface area (Å²) in [6, 6.07) is 9.90. The topological polar surface area (TPSA) is 41.6 Å². The van der Waals surface area contributed by atoms with Crippen molar-refractivity contribution in [1.82, 2.24) is 4.90 Å². The van der Waals surface area contributed by atoms with Gasteiger partial charge in [-0.3, -0.25) is 4.99 Å². The first-order chi connectivity index (χ1) is 7.91. The molecule has 0 atom stereocenters. The van der Waals surface area contributed by atoms with Crippen LogP contribution in [0.3, 0.4) is 0 Å². The van der Waals surface area contributed by atoms with Crippen molar-refractivity contribution in [2.75, 3.05) is 27.2 Å². The van der Waals surface area contributed by atoms with Gasteiger partial charge in [-0.1, -0.05) is 44.2 Å². The van der Waals surface area contributed by atoms with Crippen molar-refractivity contribution in [3.63, 3.8) is 0 Å². The van der Waals surface area contributed by atoms with Crippen LogP contribution in [0.15, 0.2) is 35.3 Å². The summed E-state index contributed by atoms with van der Waals surface area (Å²) in [4.78, 5) is 6.66. The van der Waals surface area contributed by atoms with Crippen molar-refractivity contribution in [2.24, 2.45) is 16.1 Å². The second-order valence-electron chi connectivity index (χ2n) is 5.47. The minimum atomic E-state index is 0.142. The average molecular weight is 233 g/mol. The molecule has 0 radical (unpaired) electrons. The molecular weight excluding hydrogens is 210 g/mol. The Morgan fingerprint density at radius 2 is 1.82 bits per heavy atom. The van der Waals surface area contributed by atoms with E-state index in [1.807, 2.05) is 30.3 Å². The highest BCUT2D eigenvalue weighted by Gasteiger charge is 2.18. The molecule has 17 heavy (non-hydrogen) atoms. The van der Waals surface area contributed by atoms with Gasteiger partial charge in [0, 0.05) is 18.7 Å². The first-order valence-corrected chi connectivity index (χ1v) is 5.91. The molecule has 2 N–H and O–H groups in total. The standard InChI is InChI=1S/C14H23N3/c1-14(2,11-17(3)4)10-16-13(15)12-8-6-5-7-9-12/h5-9H,10-11H2,1-4H3,(H2,15,16). The van der Waals surface area contributed by atoms with Gasteiger partial charge in [-0.25, -0.2) is 0 Å². The summed E-state index contributed by atoms with van der Waals surface area (Å²) in [6.45, 7) is 6.15. The van der Waals surface area contributed by atoms with Gasteiger partial charge in [0.2, 0.25) is 0 Å². The molecule has 0 bridgehead atoms. The van der Waals surface area contributed by atoms with Crippen LogP contribution in [0.2, 0.25) is 0 Å². The summed E-state index contributed by atoms with van der Waals surface area (Å²) < 4.78 is 0. The number of hydrogen-bond donors (Lipinski definition) is 1. The second kappa shape index (κ2) is 5.82. The van der Waals surface area contributed by atoms with Crippen LogP contribution in [0.1, 0.15) is 19.4 Å². The third kappa shape index (κ3) is 5.00. The van der Waals surface area contributed by atoms with E-state index in [4.69, 9.17) is 5.73 Å². The molecule has 0 aliphatic carbocycles. The molecule has 0 unspecified atom stereocenters. The lowest BCUT2D eigenvalue weighted by molar-refractivity contribution is 0.249. The molecule has 3 nitrogen and oxygen atoms in total. The van der Waals surface area contributed by atoms with Crippen LogP contribution in [-0.4, -0.2) is 37.9 Å². The van der Waals surface area contributed by atoms with E-state index in [1.54, 1.807) is 0 Å².